The summed E-state index contributed by atoms with van der Waals surface area (Å²) < 4.78 is 130. The molecule has 2 heterocycles. The van der Waals surface area contributed by atoms with Crippen LogP contribution < -0.4 is 11.2 Å². The summed E-state index contributed by atoms with van der Waals surface area (Å²) in [5.74, 6) is 0. The molecule has 0 aliphatic heterocycles. The van der Waals surface area contributed by atoms with E-state index in [9.17, 15) is 14.7 Å². The van der Waals surface area contributed by atoms with Gasteiger partial charge in [0.05, 0.1) is 15.2 Å². The van der Waals surface area contributed by atoms with Gasteiger partial charge in [0, 0.05) is 41.0 Å². The van der Waals surface area contributed by atoms with Gasteiger partial charge in [0.2, 0.25) is 0 Å². The summed E-state index contributed by atoms with van der Waals surface area (Å²) in [6, 6.07) is 0. The second-order valence-corrected chi connectivity index (χ2v) is 3.45. The summed E-state index contributed by atoms with van der Waals surface area (Å²) in [5.41, 5.74) is -6.35. The molecule has 1 atom stereocenters. The van der Waals surface area contributed by atoms with Gasteiger partial charge in [-0.3, -0.25) is 13.9 Å². The number of fused-ring (bicyclic) bond motifs is 1. The van der Waals surface area contributed by atoms with E-state index in [2.05, 4.69) is 4.98 Å². The molecule has 0 saturated heterocycles. The highest BCUT2D eigenvalue weighted by atomic mass is 16.3. The summed E-state index contributed by atoms with van der Waals surface area (Å²) in [4.78, 5) is 29.7. The lowest BCUT2D eigenvalue weighted by Crippen LogP contribution is -2.39. The second-order valence-electron chi connectivity index (χ2n) is 3.45. The average molecular weight is 297 g/mol. The smallest absolute Gasteiger partial charge is 0.332 e. The molecule has 0 bridgehead atoms. The highest BCUT2D eigenvalue weighted by Crippen LogP contribution is 2.04. The van der Waals surface area contributed by atoms with Crippen LogP contribution in [0, 0.1) is 0 Å². The first kappa shape index (κ1) is 4.07. The molecular formula is C13H20N4O3. The molecule has 0 aromatic carbocycles. The zero-order valence-electron chi connectivity index (χ0n) is 26.7. The summed E-state index contributed by atoms with van der Waals surface area (Å²) in [7, 11) is 0. The highest BCUT2D eigenvalue weighted by molar-refractivity contribution is 5.69. The lowest BCUT2D eigenvalue weighted by atomic mass is 10.2. The van der Waals surface area contributed by atoms with Crippen LogP contribution >= 0.6 is 0 Å². The molecule has 2 aromatic heterocycles. The fourth-order valence-corrected chi connectivity index (χ4v) is 1.37. The van der Waals surface area contributed by atoms with E-state index < -0.39 is 79.5 Å². The van der Waals surface area contributed by atoms with E-state index in [0.29, 0.717) is 6.33 Å². The number of nitrogens with zero attached hydrogens (tertiary/aromatic N) is 4. The number of imidazole rings is 1. The van der Waals surface area contributed by atoms with Gasteiger partial charge >= 0.3 is 5.69 Å². The minimum atomic E-state index is -4.40. The van der Waals surface area contributed by atoms with E-state index in [1.54, 1.807) is 0 Å². The molecule has 110 valence electrons. The van der Waals surface area contributed by atoms with Crippen LogP contribution in [-0.2, 0) is 20.4 Å². The standard InChI is InChI=1S/C13H20N4O3/c1-9(18)6-4-5-7-17-12(19)10-11(14-8-15(10)2)16(3)13(17)20/h8-9,18H,4-7H2,1-3H3/i1D3,2D3,3D3,4D2,5D2,6D2,7D2. The third-order valence-corrected chi connectivity index (χ3v) is 2.19. The number of aliphatic hydroxyl groups excluding tert-OH is 1. The van der Waals surface area contributed by atoms with Gasteiger partial charge in [0.25, 0.3) is 5.56 Å². The van der Waals surface area contributed by atoms with Crippen molar-refractivity contribution in [2.75, 3.05) is 0 Å². The van der Waals surface area contributed by atoms with E-state index in [1.165, 1.54) is 0 Å². The van der Waals surface area contributed by atoms with E-state index in [4.69, 9.17) is 23.3 Å². The number of hydrogen-bond donors (Lipinski definition) is 1. The van der Waals surface area contributed by atoms with Crippen molar-refractivity contribution in [3.8, 4) is 0 Å². The maximum absolute atomic E-state index is 13.2. The first-order chi connectivity index (χ1) is 16.1. The summed E-state index contributed by atoms with van der Waals surface area (Å²) in [6.07, 6.45) is -15.6. The van der Waals surface area contributed by atoms with Crippen LogP contribution in [0.3, 0.4) is 0 Å². The van der Waals surface area contributed by atoms with Gasteiger partial charge in [-0.25, -0.2) is 9.78 Å². The van der Waals surface area contributed by atoms with Crippen LogP contribution in [0.2, 0.25) is 0 Å². The summed E-state index contributed by atoms with van der Waals surface area (Å²) in [5, 5.41) is 9.90. The largest absolute Gasteiger partial charge is 0.393 e. The minimum Gasteiger partial charge on any atom is -0.393 e. The summed E-state index contributed by atoms with van der Waals surface area (Å²) in [6.45, 7) is -14.8. The Morgan fingerprint density at radius 2 is 2.30 bits per heavy atom. The van der Waals surface area contributed by atoms with Crippen molar-refractivity contribution in [3.05, 3.63) is 27.2 Å². The molecule has 7 nitrogen and oxygen atoms in total. The van der Waals surface area contributed by atoms with Gasteiger partial charge in [-0.15, -0.1) is 0 Å². The topological polar surface area (TPSA) is 82.1 Å². The zero-order valence-corrected chi connectivity index (χ0v) is 9.71. The van der Waals surface area contributed by atoms with E-state index >= 15 is 0 Å². The molecule has 2 aromatic rings. The molecule has 20 heavy (non-hydrogen) atoms. The number of aliphatic hydroxyl groups is 1. The molecule has 2 rings (SSSR count). The van der Waals surface area contributed by atoms with Gasteiger partial charge in [-0.1, -0.05) is 0 Å². The van der Waals surface area contributed by atoms with E-state index in [-0.39, 0.29) is 9.13 Å². The third kappa shape index (κ3) is 2.53. The van der Waals surface area contributed by atoms with Gasteiger partial charge in [0.1, 0.15) is 0 Å². The Morgan fingerprint density at radius 1 is 1.45 bits per heavy atom. The van der Waals surface area contributed by atoms with Crippen LogP contribution in [0.1, 0.15) is 49.3 Å². The maximum Gasteiger partial charge on any atom is 0.332 e. The van der Waals surface area contributed by atoms with Crippen LogP contribution in [-0.4, -0.2) is 29.9 Å². The molecule has 0 saturated carbocycles. The van der Waals surface area contributed by atoms with E-state index in [1.807, 2.05) is 0 Å². The van der Waals surface area contributed by atoms with Gasteiger partial charge in [-0.05, 0) is 26.0 Å². The van der Waals surface area contributed by atoms with Crippen LogP contribution in [0.5, 0.6) is 0 Å². The molecule has 1 unspecified atom stereocenters. The number of aryl methyl sites for hydroxylation is 2. The van der Waals surface area contributed by atoms with Crippen molar-refractivity contribution in [1.29, 1.82) is 0 Å². The van der Waals surface area contributed by atoms with Crippen LogP contribution in [0.25, 0.3) is 11.2 Å². The molecule has 0 radical (unpaired) electrons. The molecule has 1 N–H and O–H groups in total. The predicted molar refractivity (Wildman–Crippen MR) is 75.7 cm³/mol. The maximum atomic E-state index is 13.2. The van der Waals surface area contributed by atoms with Crippen molar-refractivity contribution in [1.82, 2.24) is 18.7 Å². The van der Waals surface area contributed by atoms with Gasteiger partial charge in [0.15, 0.2) is 11.2 Å². The van der Waals surface area contributed by atoms with Crippen LogP contribution in [0.4, 0.5) is 0 Å². The summed E-state index contributed by atoms with van der Waals surface area (Å²) >= 11 is 0. The SMILES string of the molecule is [2H]C([2H])([2H])C(O)C([2H])([2H])C([2H])([2H])C([2H])([2H])C([2H])([2H])n1c(=O)c2c(ncn2C([2H])([2H])[2H])n(C([2H])([2H])[2H])c1=O. The normalized spacial score (nSPS) is 30.4. The van der Waals surface area contributed by atoms with Crippen molar-refractivity contribution in [3.63, 3.8) is 0 Å². The number of rotatable bonds is 5. The Hall–Kier alpha value is -1.89. The first-order valence-electron chi connectivity index (χ1n) is 13.5. The minimum absolute atomic E-state index is 0.0980. The van der Waals surface area contributed by atoms with Crippen molar-refractivity contribution < 1.29 is 28.4 Å². The number of aromatic nitrogens is 4. The van der Waals surface area contributed by atoms with Gasteiger partial charge in [-0.2, -0.15) is 0 Å². The Balaban J connectivity index is 3.07. The number of hydrogen-bond acceptors (Lipinski definition) is 4. The molecule has 0 aliphatic rings. The Kier molecular flexibility index (Phi) is 1.14. The fraction of sp³-hybridized carbons (Fsp3) is 0.615. The second kappa shape index (κ2) is 5.62. The lowest BCUT2D eigenvalue weighted by Gasteiger charge is -2.09. The van der Waals surface area contributed by atoms with Crippen molar-refractivity contribution in [2.24, 2.45) is 14.0 Å². The Labute approximate surface area is 140 Å². The molecule has 0 fully saturated rings. The third-order valence-electron chi connectivity index (χ3n) is 2.19. The molecule has 7 heteroatoms. The first-order valence-corrected chi connectivity index (χ1v) is 5.02. The fourth-order valence-electron chi connectivity index (χ4n) is 1.37. The predicted octanol–water partition coefficient (Wildman–Crippen LogP) is -0.0152. The Bertz CT molecular complexity index is 1310. The molecule has 0 spiro atoms. The van der Waals surface area contributed by atoms with Crippen LogP contribution in [0.15, 0.2) is 15.9 Å². The molecule has 0 amide bonds. The molecular weight excluding hydrogens is 260 g/mol. The average Bonchev–Trinajstić information content (AvgIpc) is 3.10. The zero-order chi connectivity index (χ0) is 29.5. The Morgan fingerprint density at radius 3 is 3.00 bits per heavy atom. The van der Waals surface area contributed by atoms with Crippen molar-refractivity contribution in [2.45, 2.75) is 38.6 Å². The monoisotopic (exact) mass is 297 g/mol. The van der Waals surface area contributed by atoms with E-state index in [0.717, 1.165) is 0 Å². The lowest BCUT2D eigenvalue weighted by molar-refractivity contribution is 0.180. The highest BCUT2D eigenvalue weighted by Gasteiger charge is 2.14. The van der Waals surface area contributed by atoms with Crippen molar-refractivity contribution >= 4 is 11.2 Å². The van der Waals surface area contributed by atoms with Gasteiger partial charge < -0.3 is 9.67 Å². The quantitative estimate of drug-likeness (QED) is 0.841. The molecule has 0 aliphatic carbocycles.